The van der Waals surface area contributed by atoms with E-state index in [0.717, 1.165) is 24.0 Å². The van der Waals surface area contributed by atoms with Crippen molar-refractivity contribution < 1.29 is 10.2 Å². The Labute approximate surface area is 113 Å². The average Bonchev–Trinajstić information content (AvgIpc) is 2.67. The predicted molar refractivity (Wildman–Crippen MR) is 74.8 cm³/mol. The van der Waals surface area contributed by atoms with Gasteiger partial charge in [-0.15, -0.1) is 0 Å². The van der Waals surface area contributed by atoms with Crippen molar-refractivity contribution in [3.8, 4) is 0 Å². The van der Waals surface area contributed by atoms with Gasteiger partial charge in [0.15, 0.2) is 5.79 Å². The molecule has 3 rings (SSSR count). The molecule has 1 atom stereocenters. The van der Waals surface area contributed by atoms with E-state index in [1.165, 1.54) is 5.56 Å². The van der Waals surface area contributed by atoms with E-state index < -0.39 is 5.79 Å². The second kappa shape index (κ2) is 4.80. The summed E-state index contributed by atoms with van der Waals surface area (Å²) in [7, 11) is 0. The van der Waals surface area contributed by atoms with Crippen LogP contribution in [0, 0.1) is 0 Å². The third-order valence-corrected chi connectivity index (χ3v) is 4.00. The van der Waals surface area contributed by atoms with Gasteiger partial charge in [0.05, 0.1) is 0 Å². The summed E-state index contributed by atoms with van der Waals surface area (Å²) in [4.78, 5) is 0. The minimum atomic E-state index is -1.60. The maximum atomic E-state index is 10.2. The number of hydrogen-bond acceptors (Lipinski definition) is 2. The van der Waals surface area contributed by atoms with Crippen molar-refractivity contribution in [3.05, 3.63) is 71.3 Å². The minimum absolute atomic E-state index is 0.191. The topological polar surface area (TPSA) is 40.5 Å². The van der Waals surface area contributed by atoms with Crippen LogP contribution in [0.15, 0.2) is 54.6 Å². The second-order valence-electron chi connectivity index (χ2n) is 5.33. The lowest BCUT2D eigenvalue weighted by Crippen LogP contribution is -2.33. The third-order valence-electron chi connectivity index (χ3n) is 4.00. The molecule has 0 heterocycles. The molecule has 0 aromatic heterocycles. The summed E-state index contributed by atoms with van der Waals surface area (Å²) in [6.07, 6.45) is 1.96. The first-order chi connectivity index (χ1) is 9.17. The van der Waals surface area contributed by atoms with E-state index in [9.17, 15) is 10.2 Å². The Hall–Kier alpha value is -1.64. The first kappa shape index (κ1) is 12.4. The zero-order valence-electron chi connectivity index (χ0n) is 10.8. The molecular weight excluding hydrogens is 236 g/mol. The number of aryl methyl sites for hydroxylation is 1. The second-order valence-corrected chi connectivity index (χ2v) is 5.33. The highest BCUT2D eigenvalue weighted by atomic mass is 16.5. The SMILES string of the molecule is OC1(O)Cc2ccccc2C1CCc1ccccc1. The van der Waals surface area contributed by atoms with Gasteiger partial charge in [0.25, 0.3) is 0 Å². The molecule has 2 N–H and O–H groups in total. The van der Waals surface area contributed by atoms with Crippen LogP contribution in [0.1, 0.15) is 29.0 Å². The molecule has 2 heteroatoms. The molecule has 1 unspecified atom stereocenters. The Balaban J connectivity index is 1.80. The highest BCUT2D eigenvalue weighted by Gasteiger charge is 2.42. The fraction of sp³-hybridized carbons (Fsp3) is 0.294. The molecular formula is C17H18O2. The number of aliphatic hydroxyl groups is 2. The summed E-state index contributed by atoms with van der Waals surface area (Å²) in [5.74, 6) is -1.79. The van der Waals surface area contributed by atoms with Crippen LogP contribution in [0.3, 0.4) is 0 Å². The highest BCUT2D eigenvalue weighted by Crippen LogP contribution is 2.41. The first-order valence-electron chi connectivity index (χ1n) is 6.73. The van der Waals surface area contributed by atoms with Gasteiger partial charge in [-0.05, 0) is 29.5 Å². The monoisotopic (exact) mass is 254 g/mol. The molecule has 0 aliphatic heterocycles. The number of fused-ring (bicyclic) bond motifs is 1. The molecule has 0 radical (unpaired) electrons. The molecule has 0 saturated heterocycles. The van der Waals surface area contributed by atoms with Gasteiger partial charge in [0, 0.05) is 12.3 Å². The van der Waals surface area contributed by atoms with Gasteiger partial charge >= 0.3 is 0 Å². The van der Waals surface area contributed by atoms with E-state index in [-0.39, 0.29) is 5.92 Å². The normalized spacial score (nSPS) is 20.2. The zero-order valence-corrected chi connectivity index (χ0v) is 10.8. The highest BCUT2D eigenvalue weighted by molar-refractivity contribution is 5.38. The van der Waals surface area contributed by atoms with Crippen LogP contribution in [0.5, 0.6) is 0 Å². The van der Waals surface area contributed by atoms with Crippen LogP contribution >= 0.6 is 0 Å². The van der Waals surface area contributed by atoms with Crippen molar-refractivity contribution in [2.24, 2.45) is 0 Å². The van der Waals surface area contributed by atoms with Crippen molar-refractivity contribution in [3.63, 3.8) is 0 Å². The average molecular weight is 254 g/mol. The lowest BCUT2D eigenvalue weighted by molar-refractivity contribution is -0.170. The van der Waals surface area contributed by atoms with Gasteiger partial charge in [-0.3, -0.25) is 0 Å². The smallest absolute Gasteiger partial charge is 0.173 e. The summed E-state index contributed by atoms with van der Waals surface area (Å²) in [5, 5.41) is 20.4. The first-order valence-corrected chi connectivity index (χ1v) is 6.73. The molecule has 0 bridgehead atoms. The van der Waals surface area contributed by atoms with E-state index in [0.29, 0.717) is 6.42 Å². The van der Waals surface area contributed by atoms with Crippen LogP contribution in [0.2, 0.25) is 0 Å². The minimum Gasteiger partial charge on any atom is -0.365 e. The van der Waals surface area contributed by atoms with Gasteiger partial charge in [-0.1, -0.05) is 54.6 Å². The van der Waals surface area contributed by atoms with E-state index >= 15 is 0 Å². The maximum Gasteiger partial charge on any atom is 0.173 e. The van der Waals surface area contributed by atoms with Gasteiger partial charge in [0.2, 0.25) is 0 Å². The Morgan fingerprint density at radius 3 is 2.42 bits per heavy atom. The Bertz CT molecular complexity index is 560. The van der Waals surface area contributed by atoms with Crippen molar-refractivity contribution in [1.82, 2.24) is 0 Å². The van der Waals surface area contributed by atoms with Crippen molar-refractivity contribution >= 4 is 0 Å². The summed E-state index contributed by atoms with van der Waals surface area (Å²) in [5.41, 5.74) is 3.39. The fourth-order valence-electron chi connectivity index (χ4n) is 3.03. The molecule has 0 spiro atoms. The van der Waals surface area contributed by atoms with E-state index in [1.807, 2.05) is 42.5 Å². The van der Waals surface area contributed by atoms with E-state index in [4.69, 9.17) is 0 Å². The molecule has 0 saturated carbocycles. The van der Waals surface area contributed by atoms with Crippen LogP contribution < -0.4 is 0 Å². The van der Waals surface area contributed by atoms with Gasteiger partial charge in [-0.2, -0.15) is 0 Å². The van der Waals surface area contributed by atoms with Crippen molar-refractivity contribution in [2.75, 3.05) is 0 Å². The maximum absolute atomic E-state index is 10.2. The standard InChI is InChI=1S/C17H18O2/c18-17(19)12-14-8-4-5-9-15(14)16(17)11-10-13-6-2-1-3-7-13/h1-9,16,18-19H,10-12H2. The van der Waals surface area contributed by atoms with Crippen LogP contribution in [-0.4, -0.2) is 16.0 Å². The lowest BCUT2D eigenvalue weighted by Gasteiger charge is -2.24. The van der Waals surface area contributed by atoms with E-state index in [2.05, 4.69) is 12.1 Å². The molecule has 2 aromatic carbocycles. The number of rotatable bonds is 3. The summed E-state index contributed by atoms with van der Waals surface area (Å²) in [6.45, 7) is 0. The third kappa shape index (κ3) is 2.42. The molecule has 1 aliphatic carbocycles. The van der Waals surface area contributed by atoms with Gasteiger partial charge < -0.3 is 10.2 Å². The quantitative estimate of drug-likeness (QED) is 0.827. The molecule has 0 amide bonds. The largest absolute Gasteiger partial charge is 0.365 e. The van der Waals surface area contributed by atoms with Crippen molar-refractivity contribution in [2.45, 2.75) is 31.0 Å². The summed E-state index contributed by atoms with van der Waals surface area (Å²) in [6, 6.07) is 18.1. The molecule has 19 heavy (non-hydrogen) atoms. The van der Waals surface area contributed by atoms with Gasteiger partial charge in [0.1, 0.15) is 0 Å². The predicted octanol–water partition coefficient (Wildman–Crippen LogP) is 2.64. The van der Waals surface area contributed by atoms with Gasteiger partial charge in [-0.25, -0.2) is 0 Å². The Morgan fingerprint density at radius 1 is 0.947 bits per heavy atom. The molecule has 0 fully saturated rings. The Kier molecular flexibility index (Phi) is 3.13. The summed E-state index contributed by atoms with van der Waals surface area (Å²) < 4.78 is 0. The van der Waals surface area contributed by atoms with Crippen LogP contribution in [0.4, 0.5) is 0 Å². The number of benzene rings is 2. The molecule has 1 aliphatic rings. The Morgan fingerprint density at radius 2 is 1.63 bits per heavy atom. The van der Waals surface area contributed by atoms with Crippen molar-refractivity contribution in [1.29, 1.82) is 0 Å². The number of hydrogen-bond donors (Lipinski definition) is 2. The molecule has 98 valence electrons. The lowest BCUT2D eigenvalue weighted by atomic mass is 9.90. The van der Waals surface area contributed by atoms with Crippen LogP contribution in [0.25, 0.3) is 0 Å². The summed E-state index contributed by atoms with van der Waals surface area (Å²) >= 11 is 0. The zero-order chi connectivity index (χ0) is 13.3. The molecule has 2 aromatic rings. The molecule has 2 nitrogen and oxygen atoms in total. The van der Waals surface area contributed by atoms with Crippen LogP contribution in [-0.2, 0) is 12.8 Å². The fourth-order valence-corrected chi connectivity index (χ4v) is 3.03. The van der Waals surface area contributed by atoms with E-state index in [1.54, 1.807) is 0 Å².